The zero-order valence-corrected chi connectivity index (χ0v) is 13.5. The molecule has 114 valence electrons. The number of nitrogens with one attached hydrogen (secondary N) is 1. The normalized spacial score (nSPS) is 22.0. The first-order valence-corrected chi connectivity index (χ1v) is 8.02. The van der Waals surface area contributed by atoms with Crippen LogP contribution in [0.25, 0.3) is 11.0 Å². The minimum atomic E-state index is -0.117. The first-order valence-electron chi connectivity index (χ1n) is 7.61. The molecule has 0 bridgehead atoms. The zero-order chi connectivity index (χ0) is 14.9. The molecule has 1 fully saturated rings. The summed E-state index contributed by atoms with van der Waals surface area (Å²) in [4.78, 5) is 3.29. The first kappa shape index (κ1) is 14.6. The fourth-order valence-electron chi connectivity index (χ4n) is 2.94. The van der Waals surface area contributed by atoms with Crippen molar-refractivity contribution < 1.29 is 9.47 Å². The number of para-hydroxylation sites is 1. The Morgan fingerprint density at radius 3 is 3.05 bits per heavy atom. The second-order valence-electron chi connectivity index (χ2n) is 5.92. The van der Waals surface area contributed by atoms with E-state index in [2.05, 4.69) is 29.5 Å². The van der Waals surface area contributed by atoms with Crippen LogP contribution < -0.4 is 4.74 Å². The maximum atomic E-state index is 5.90. The van der Waals surface area contributed by atoms with Crippen molar-refractivity contribution in [3.05, 3.63) is 23.0 Å². The molecule has 1 saturated heterocycles. The van der Waals surface area contributed by atoms with Gasteiger partial charge in [0, 0.05) is 6.61 Å². The van der Waals surface area contributed by atoms with Crippen LogP contribution in [0.15, 0.2) is 18.2 Å². The van der Waals surface area contributed by atoms with E-state index in [1.807, 2.05) is 12.1 Å². The molecule has 2 aromatic rings. The van der Waals surface area contributed by atoms with Crippen molar-refractivity contribution in [2.45, 2.75) is 45.3 Å². The molecule has 0 amide bonds. The number of hydrogen-bond acceptors (Lipinski definition) is 3. The molecular formula is C16H22N2O2S. The van der Waals surface area contributed by atoms with Gasteiger partial charge in [-0.2, -0.15) is 0 Å². The van der Waals surface area contributed by atoms with Crippen LogP contribution in [0, 0.1) is 4.77 Å². The fourth-order valence-corrected chi connectivity index (χ4v) is 3.20. The number of H-pyrrole nitrogens is 1. The number of hydrogen-bond donors (Lipinski definition) is 1. The molecule has 1 atom stereocenters. The second kappa shape index (κ2) is 5.81. The SMILES string of the molecule is CCCOc1cccc2c1[nH]c(=S)n2CC1(C)CCCO1. The Balaban J connectivity index is 1.99. The third-order valence-corrected chi connectivity index (χ3v) is 4.35. The molecule has 2 heterocycles. The van der Waals surface area contributed by atoms with Gasteiger partial charge in [0.05, 0.1) is 24.3 Å². The van der Waals surface area contributed by atoms with Crippen molar-refractivity contribution in [1.82, 2.24) is 9.55 Å². The summed E-state index contributed by atoms with van der Waals surface area (Å²) in [6, 6.07) is 6.09. The number of ether oxygens (including phenoxy) is 2. The largest absolute Gasteiger partial charge is 0.491 e. The van der Waals surface area contributed by atoms with Crippen molar-refractivity contribution >= 4 is 23.3 Å². The van der Waals surface area contributed by atoms with Crippen LogP contribution in [0.3, 0.4) is 0 Å². The van der Waals surface area contributed by atoms with E-state index in [4.69, 9.17) is 21.7 Å². The molecule has 0 spiro atoms. The Labute approximate surface area is 130 Å². The number of rotatable bonds is 5. The van der Waals surface area contributed by atoms with Gasteiger partial charge in [-0.3, -0.25) is 0 Å². The lowest BCUT2D eigenvalue weighted by Crippen LogP contribution is -2.29. The molecule has 5 heteroatoms. The Hall–Kier alpha value is -1.33. The van der Waals surface area contributed by atoms with Gasteiger partial charge in [-0.15, -0.1) is 0 Å². The smallest absolute Gasteiger partial charge is 0.178 e. The zero-order valence-electron chi connectivity index (χ0n) is 12.6. The van der Waals surface area contributed by atoms with Crippen molar-refractivity contribution in [2.24, 2.45) is 0 Å². The Kier molecular flexibility index (Phi) is 4.04. The van der Waals surface area contributed by atoms with Gasteiger partial charge in [0.2, 0.25) is 0 Å². The maximum absolute atomic E-state index is 5.90. The summed E-state index contributed by atoms with van der Waals surface area (Å²) in [6.07, 6.45) is 3.19. The van der Waals surface area contributed by atoms with E-state index in [1.165, 1.54) is 0 Å². The highest BCUT2D eigenvalue weighted by Gasteiger charge is 2.31. The number of benzene rings is 1. The third-order valence-electron chi connectivity index (χ3n) is 4.03. The van der Waals surface area contributed by atoms with Crippen molar-refractivity contribution in [1.29, 1.82) is 0 Å². The van der Waals surface area contributed by atoms with Crippen LogP contribution in [0.2, 0.25) is 0 Å². The lowest BCUT2D eigenvalue weighted by atomic mass is 10.0. The predicted octanol–water partition coefficient (Wildman–Crippen LogP) is 4.06. The molecule has 3 rings (SSSR count). The number of nitrogens with zero attached hydrogens (tertiary/aromatic N) is 1. The fraction of sp³-hybridized carbons (Fsp3) is 0.562. The Bertz CT molecular complexity index is 683. The number of aromatic nitrogens is 2. The van der Waals surface area contributed by atoms with Crippen molar-refractivity contribution in [2.75, 3.05) is 13.2 Å². The highest BCUT2D eigenvalue weighted by atomic mass is 32.1. The minimum Gasteiger partial charge on any atom is -0.491 e. The van der Waals surface area contributed by atoms with E-state index in [9.17, 15) is 0 Å². The number of imidazole rings is 1. The number of aromatic amines is 1. The van der Waals surface area contributed by atoms with Gasteiger partial charge < -0.3 is 19.0 Å². The quantitative estimate of drug-likeness (QED) is 0.847. The van der Waals surface area contributed by atoms with Gasteiger partial charge in [0.1, 0.15) is 11.3 Å². The van der Waals surface area contributed by atoms with Gasteiger partial charge in [0.25, 0.3) is 0 Å². The molecule has 4 nitrogen and oxygen atoms in total. The van der Waals surface area contributed by atoms with E-state index in [0.29, 0.717) is 6.61 Å². The summed E-state index contributed by atoms with van der Waals surface area (Å²) in [7, 11) is 0. The van der Waals surface area contributed by atoms with Gasteiger partial charge in [-0.1, -0.05) is 13.0 Å². The van der Waals surface area contributed by atoms with Crippen LogP contribution in [0.1, 0.15) is 33.1 Å². The van der Waals surface area contributed by atoms with E-state index in [-0.39, 0.29) is 5.60 Å². The molecule has 1 unspecified atom stereocenters. The lowest BCUT2D eigenvalue weighted by Gasteiger charge is -2.23. The van der Waals surface area contributed by atoms with Crippen LogP contribution >= 0.6 is 12.2 Å². The van der Waals surface area contributed by atoms with E-state index >= 15 is 0 Å². The molecule has 1 aliphatic rings. The summed E-state index contributed by atoms with van der Waals surface area (Å²) < 4.78 is 14.6. The maximum Gasteiger partial charge on any atom is 0.178 e. The molecule has 1 aliphatic heterocycles. The monoisotopic (exact) mass is 306 g/mol. The Morgan fingerprint density at radius 2 is 2.33 bits per heavy atom. The van der Waals surface area contributed by atoms with Crippen molar-refractivity contribution in [3.63, 3.8) is 0 Å². The van der Waals surface area contributed by atoms with Crippen LogP contribution in [0.5, 0.6) is 5.75 Å². The second-order valence-corrected chi connectivity index (χ2v) is 6.30. The molecule has 1 N–H and O–H groups in total. The van der Waals surface area contributed by atoms with E-state index in [0.717, 1.165) is 54.0 Å². The van der Waals surface area contributed by atoms with Crippen LogP contribution in [0.4, 0.5) is 0 Å². The van der Waals surface area contributed by atoms with Gasteiger partial charge in [0.15, 0.2) is 4.77 Å². The average Bonchev–Trinajstić information content (AvgIpc) is 3.03. The lowest BCUT2D eigenvalue weighted by molar-refractivity contribution is 0.00679. The predicted molar refractivity (Wildman–Crippen MR) is 86.5 cm³/mol. The summed E-state index contributed by atoms with van der Waals surface area (Å²) in [6.45, 7) is 6.61. The topological polar surface area (TPSA) is 39.2 Å². The van der Waals surface area contributed by atoms with E-state index < -0.39 is 0 Å². The van der Waals surface area contributed by atoms with Gasteiger partial charge >= 0.3 is 0 Å². The standard InChI is InChI=1S/C16H22N2O2S/c1-3-9-19-13-7-4-6-12-14(13)17-15(21)18(12)11-16(2)8-5-10-20-16/h4,6-7H,3,5,8-11H2,1-2H3,(H,17,21). The highest BCUT2D eigenvalue weighted by molar-refractivity contribution is 7.71. The van der Waals surface area contributed by atoms with Crippen LogP contribution in [-0.2, 0) is 11.3 Å². The molecule has 1 aromatic heterocycles. The Morgan fingerprint density at radius 1 is 1.48 bits per heavy atom. The molecule has 0 aliphatic carbocycles. The van der Waals surface area contributed by atoms with Crippen LogP contribution in [-0.4, -0.2) is 28.4 Å². The molecule has 1 aromatic carbocycles. The summed E-state index contributed by atoms with van der Waals surface area (Å²) in [5, 5.41) is 0. The summed E-state index contributed by atoms with van der Waals surface area (Å²) in [5.41, 5.74) is 1.95. The van der Waals surface area contributed by atoms with E-state index in [1.54, 1.807) is 0 Å². The molecule has 0 saturated carbocycles. The molecule has 0 radical (unpaired) electrons. The van der Waals surface area contributed by atoms with Gasteiger partial charge in [-0.25, -0.2) is 0 Å². The number of fused-ring (bicyclic) bond motifs is 1. The molecule has 21 heavy (non-hydrogen) atoms. The summed E-state index contributed by atoms with van der Waals surface area (Å²) in [5.74, 6) is 0.872. The third kappa shape index (κ3) is 2.85. The molecular weight excluding hydrogens is 284 g/mol. The minimum absolute atomic E-state index is 0.117. The highest BCUT2D eigenvalue weighted by Crippen LogP contribution is 2.30. The summed E-state index contributed by atoms with van der Waals surface area (Å²) >= 11 is 5.51. The first-order chi connectivity index (χ1) is 10.1. The average molecular weight is 306 g/mol. The van der Waals surface area contributed by atoms with Gasteiger partial charge in [-0.05, 0) is 50.5 Å². The van der Waals surface area contributed by atoms with Crippen molar-refractivity contribution in [3.8, 4) is 5.75 Å².